The van der Waals surface area contributed by atoms with Crippen LogP contribution in [0.15, 0.2) is 79.0 Å². The van der Waals surface area contributed by atoms with Gasteiger partial charge in [-0.1, -0.05) is 54.6 Å². The number of nitrogens with zero attached hydrogens (tertiary/aromatic N) is 4. The Kier molecular flexibility index (Phi) is 9.05. The number of carbonyl (C=O) groups excluding carboxylic acids is 1. The lowest BCUT2D eigenvalue weighted by atomic mass is 9.82. The highest BCUT2D eigenvalue weighted by Crippen LogP contribution is 2.60. The zero-order valence-corrected chi connectivity index (χ0v) is 30.1. The van der Waals surface area contributed by atoms with E-state index in [1.54, 1.807) is 17.8 Å². The number of hydrogen-bond donors (Lipinski definition) is 1. The van der Waals surface area contributed by atoms with Crippen LogP contribution in [0.3, 0.4) is 0 Å². The van der Waals surface area contributed by atoms with Crippen LogP contribution in [-0.4, -0.2) is 47.1 Å². The van der Waals surface area contributed by atoms with Gasteiger partial charge in [0.25, 0.3) is 5.91 Å². The van der Waals surface area contributed by atoms with Gasteiger partial charge in [-0.25, -0.2) is 0 Å². The Hall–Kier alpha value is -2.20. The molecule has 2 aliphatic rings. The van der Waals surface area contributed by atoms with Gasteiger partial charge < -0.3 is 18.9 Å². The lowest BCUT2D eigenvalue weighted by molar-refractivity contribution is -0.146. The highest BCUT2D eigenvalue weighted by molar-refractivity contribution is 14.1. The van der Waals surface area contributed by atoms with Crippen molar-refractivity contribution in [3.63, 3.8) is 0 Å². The van der Waals surface area contributed by atoms with Gasteiger partial charge in [0.05, 0.1) is 36.6 Å². The second-order valence-corrected chi connectivity index (χ2v) is 18.6. The second kappa shape index (κ2) is 12.5. The number of anilines is 1. The van der Waals surface area contributed by atoms with Gasteiger partial charge in [0.15, 0.2) is 5.60 Å². The van der Waals surface area contributed by atoms with Crippen molar-refractivity contribution >= 4 is 65.2 Å². The van der Waals surface area contributed by atoms with E-state index in [-0.39, 0.29) is 24.3 Å². The lowest BCUT2D eigenvalue weighted by Gasteiger charge is -2.31. The van der Waals surface area contributed by atoms with Crippen LogP contribution < -0.4 is 4.90 Å². The molecular weight excluding hydrogens is 801 g/mol. The molecule has 4 aromatic rings. The van der Waals surface area contributed by atoms with Crippen LogP contribution in [0.5, 0.6) is 0 Å². The highest BCUT2D eigenvalue weighted by Gasteiger charge is 2.66. The molecule has 5 atom stereocenters. The van der Waals surface area contributed by atoms with Crippen molar-refractivity contribution in [3.05, 3.63) is 109 Å². The number of ether oxygens (including phenoxy) is 1. The van der Waals surface area contributed by atoms with Crippen molar-refractivity contribution in [1.29, 1.82) is 0 Å². The molecule has 7 nitrogen and oxygen atoms in total. The molecule has 3 heterocycles. The van der Waals surface area contributed by atoms with Crippen LogP contribution in [0.1, 0.15) is 41.6 Å². The fraction of sp³-hybridized carbons (Fsp3) is 0.364. The molecule has 1 N–H and O–H groups in total. The molecule has 230 valence electrons. The largest absolute Gasteiger partial charge is 0.395 e. The van der Waals surface area contributed by atoms with Crippen LogP contribution in [0.25, 0.3) is 0 Å². The number of benzene rings is 3. The number of halogens is 3. The summed E-state index contributed by atoms with van der Waals surface area (Å²) in [7, 11) is -3.29. The monoisotopic (exact) mass is 836 g/mol. The quantitative estimate of drug-likeness (QED) is 0.111. The van der Waals surface area contributed by atoms with E-state index in [9.17, 15) is 9.90 Å². The molecule has 1 saturated heterocycles. The Bertz CT molecular complexity index is 1650. The first kappa shape index (κ1) is 31.8. The Balaban J connectivity index is 1.30. The topological polar surface area (TPSA) is 80.5 Å². The van der Waals surface area contributed by atoms with Crippen molar-refractivity contribution < 1.29 is 18.7 Å². The Labute approximate surface area is 285 Å². The van der Waals surface area contributed by atoms with Crippen molar-refractivity contribution in [3.8, 4) is 0 Å². The molecule has 1 unspecified atom stereocenters. The molecule has 1 amide bonds. The number of aliphatic hydroxyl groups is 1. The summed E-state index contributed by atoms with van der Waals surface area (Å²) in [5.41, 5.74) is 2.67. The smallest absolute Gasteiger partial charge is 0.264 e. The van der Waals surface area contributed by atoms with Crippen LogP contribution in [0.4, 0.5) is 9.80 Å². The minimum atomic E-state index is -3.29. The molecule has 1 spiro atoms. The molecule has 0 saturated carbocycles. The normalized spacial score (nSPS) is 23.8. The van der Waals surface area contributed by atoms with Crippen LogP contribution in [0.2, 0.25) is 18.6 Å². The number of aliphatic hydroxyl groups excluding tert-OH is 1. The Morgan fingerprint density at radius 2 is 1.77 bits per heavy atom. The van der Waals surface area contributed by atoms with E-state index in [4.69, 9.17) is 4.74 Å². The summed E-state index contributed by atoms with van der Waals surface area (Å²) in [6, 6.07) is 23.9. The van der Waals surface area contributed by atoms with Crippen molar-refractivity contribution in [2.75, 3.05) is 11.5 Å². The molecule has 2 aliphatic heterocycles. The number of carbonyl (C=O) groups is 1. The summed E-state index contributed by atoms with van der Waals surface area (Å²) < 4.78 is 27.0. The molecule has 0 aliphatic carbocycles. The third kappa shape index (κ3) is 5.78. The number of rotatable bonds is 9. The van der Waals surface area contributed by atoms with Crippen molar-refractivity contribution in [2.24, 2.45) is 5.92 Å². The summed E-state index contributed by atoms with van der Waals surface area (Å²) >= 11 is 4.54. The molecule has 11 heteroatoms. The molecule has 0 bridgehead atoms. The summed E-state index contributed by atoms with van der Waals surface area (Å²) in [6.07, 6.45) is 1.86. The summed E-state index contributed by atoms with van der Waals surface area (Å²) in [4.78, 5) is 16.4. The number of hydrogen-bond acceptors (Lipinski definition) is 5. The maximum atomic E-state index is 16.2. The van der Waals surface area contributed by atoms with Gasteiger partial charge in [-0.2, -0.15) is 0 Å². The first-order chi connectivity index (χ1) is 21.0. The summed E-state index contributed by atoms with van der Waals surface area (Å²) in [5.74, 6) is -0.758. The number of aryl methyl sites for hydroxylation is 1. The van der Waals surface area contributed by atoms with Crippen LogP contribution in [-0.2, 0) is 28.2 Å². The zero-order chi connectivity index (χ0) is 31.2. The van der Waals surface area contributed by atoms with Gasteiger partial charge >= 0.3 is 0 Å². The molecular formula is C33H35FI2N4O3Si. The van der Waals surface area contributed by atoms with E-state index in [1.807, 2.05) is 90.8 Å². The molecule has 0 radical (unpaired) electrons. The number of amides is 1. The van der Waals surface area contributed by atoms with Gasteiger partial charge in [0, 0.05) is 36.9 Å². The predicted molar refractivity (Wildman–Crippen MR) is 188 cm³/mol. The maximum absolute atomic E-state index is 16.2. The van der Waals surface area contributed by atoms with Gasteiger partial charge in [-0.15, -0.1) is 5.10 Å². The van der Waals surface area contributed by atoms with E-state index in [2.05, 4.69) is 55.5 Å². The average molecular weight is 837 g/mol. The molecule has 44 heavy (non-hydrogen) atoms. The maximum Gasteiger partial charge on any atom is 0.264 e. The second-order valence-electron chi connectivity index (χ2n) is 12.3. The first-order valence-electron chi connectivity index (χ1n) is 14.8. The van der Waals surface area contributed by atoms with Crippen molar-refractivity contribution in [2.45, 2.75) is 62.7 Å². The minimum absolute atomic E-state index is 0.0861. The van der Waals surface area contributed by atoms with Crippen LogP contribution >= 0.6 is 45.2 Å². The molecule has 3 aromatic carbocycles. The van der Waals surface area contributed by atoms with E-state index in [0.29, 0.717) is 25.2 Å². The molecule has 1 fully saturated rings. The molecule has 6 rings (SSSR count). The third-order valence-electron chi connectivity index (χ3n) is 9.12. The van der Waals surface area contributed by atoms with E-state index < -0.39 is 25.7 Å². The van der Waals surface area contributed by atoms with Gasteiger partial charge in [-0.3, -0.25) is 9.48 Å². The first-order valence-corrected chi connectivity index (χ1v) is 19.9. The average Bonchev–Trinajstić information content (AvgIpc) is 3.64. The van der Waals surface area contributed by atoms with Gasteiger partial charge in [0.2, 0.25) is 8.41 Å². The van der Waals surface area contributed by atoms with Gasteiger partial charge in [0.1, 0.15) is 0 Å². The lowest BCUT2D eigenvalue weighted by Crippen LogP contribution is -2.45. The van der Waals surface area contributed by atoms with E-state index in [0.717, 1.165) is 29.5 Å². The van der Waals surface area contributed by atoms with E-state index >= 15 is 4.11 Å². The minimum Gasteiger partial charge on any atom is -0.395 e. The zero-order valence-electron chi connectivity index (χ0n) is 24.8. The third-order valence-corrected chi connectivity index (χ3v) is 13.0. The fourth-order valence-corrected chi connectivity index (χ4v) is 10.5. The van der Waals surface area contributed by atoms with Gasteiger partial charge in [-0.05, 0) is 106 Å². The Morgan fingerprint density at radius 3 is 2.45 bits per heavy atom. The standard InChI is InChI=1S/C33H35FI2N4O3Si/c1-21-31(44(2,3)34)30(15-16-39-19-28(37-38-39)26(20-41)23-7-5-4-6-8-23)43-33(21)27-17-25(36)13-14-29(27)40(32(33)42)18-22-9-11-24(35)12-10-22/h4-14,17,19,21,26,30-31,41H,15-16,18,20H2,1-3H3/t21-,26?,30+,31-,33+/m0/s1. The Morgan fingerprint density at radius 1 is 1.07 bits per heavy atom. The number of fused-ring (bicyclic) bond motifs is 2. The van der Waals surface area contributed by atoms with E-state index in [1.165, 1.54) is 0 Å². The highest BCUT2D eigenvalue weighted by atomic mass is 127. The molecule has 1 aromatic heterocycles. The SMILES string of the molecule is C[C@H]1[C@H]([Si](C)(C)F)[C@@H](CCn2cc(C(CO)c3ccccc3)nn2)O[C@]12C(=O)N(Cc1ccc(I)cc1)c1ccc(I)cc12. The van der Waals surface area contributed by atoms with Crippen LogP contribution in [0, 0.1) is 13.1 Å². The van der Waals surface area contributed by atoms with Crippen molar-refractivity contribution in [1.82, 2.24) is 15.0 Å². The summed E-state index contributed by atoms with van der Waals surface area (Å²) in [5, 5.41) is 18.8. The summed E-state index contributed by atoms with van der Waals surface area (Å²) in [6.45, 7) is 6.23. The fourth-order valence-electron chi connectivity index (χ4n) is 7.12. The predicted octanol–water partition coefficient (Wildman–Crippen LogP) is 7.02. The number of aromatic nitrogens is 3.